The van der Waals surface area contributed by atoms with Gasteiger partial charge in [-0.2, -0.15) is 30.6 Å². The van der Waals surface area contributed by atoms with Crippen LogP contribution in [0.1, 0.15) is 0 Å². The molecule has 0 amide bonds. The van der Waals surface area contributed by atoms with Crippen LogP contribution in [-0.2, 0) is 20.1 Å². The van der Waals surface area contributed by atoms with Crippen molar-refractivity contribution in [2.24, 2.45) is 0 Å². The first-order chi connectivity index (χ1) is 16.3. The Labute approximate surface area is 217 Å². The molecule has 166 valence electrons. The van der Waals surface area contributed by atoms with Crippen LogP contribution < -0.4 is 9.80 Å². The summed E-state index contributed by atoms with van der Waals surface area (Å²) in [6.07, 6.45) is 1.79. The van der Waals surface area contributed by atoms with Crippen LogP contribution in [0.2, 0.25) is 0 Å². The fourth-order valence-corrected chi connectivity index (χ4v) is 5.43. The van der Waals surface area contributed by atoms with Crippen molar-refractivity contribution in [2.75, 3.05) is 16.8 Å². The van der Waals surface area contributed by atoms with Gasteiger partial charge in [0.15, 0.2) is 0 Å². The van der Waals surface area contributed by atoms with Gasteiger partial charge in [-0.1, -0.05) is 47.0 Å². The van der Waals surface area contributed by atoms with E-state index in [0.717, 1.165) is 16.9 Å². The van der Waals surface area contributed by atoms with Gasteiger partial charge in [-0.25, -0.2) is 0 Å². The number of fused-ring (bicyclic) bond motifs is 4. The molecule has 5 heteroatoms. The average molecular weight is 635 g/mol. The molecule has 0 saturated carbocycles. The third kappa shape index (κ3) is 4.01. The number of hydrogen-bond acceptors (Lipinski definition) is 4. The fraction of sp³-hybridized carbons (Fsp3) is 0.0345. The Morgan fingerprint density at radius 2 is 1.74 bits per heavy atom. The van der Waals surface area contributed by atoms with Crippen molar-refractivity contribution in [1.82, 2.24) is 4.98 Å². The van der Waals surface area contributed by atoms with Crippen LogP contribution >= 0.6 is 11.8 Å². The minimum atomic E-state index is 0. The number of nitrogens with zero attached hydrogens (tertiary/aromatic N) is 3. The molecule has 0 saturated heterocycles. The van der Waals surface area contributed by atoms with E-state index in [2.05, 4.69) is 89.2 Å². The van der Waals surface area contributed by atoms with E-state index in [-0.39, 0.29) is 20.1 Å². The molecule has 34 heavy (non-hydrogen) atoms. The van der Waals surface area contributed by atoms with Gasteiger partial charge >= 0.3 is 20.1 Å². The molecule has 0 radical (unpaired) electrons. The molecular weight excluding hydrogens is 615 g/mol. The number of aromatic nitrogens is 1. The molecule has 0 bridgehead atoms. The summed E-state index contributed by atoms with van der Waals surface area (Å²) in [7, 11) is 2.10. The molecule has 0 atom stereocenters. The first kappa shape index (κ1) is 22.7. The van der Waals surface area contributed by atoms with Crippen molar-refractivity contribution in [3.63, 3.8) is 0 Å². The Hall–Kier alpha value is -3.11. The summed E-state index contributed by atoms with van der Waals surface area (Å²) in [6, 6.07) is 37.4. The smallest absolute Gasteiger partial charge is 0.504 e. The second-order valence-electron chi connectivity index (χ2n) is 7.87. The van der Waals surface area contributed by atoms with E-state index >= 15 is 0 Å². The summed E-state index contributed by atoms with van der Waals surface area (Å²) in [6.45, 7) is 2.15. The van der Waals surface area contributed by atoms with E-state index in [4.69, 9.17) is 0 Å². The van der Waals surface area contributed by atoms with E-state index in [1.807, 2.05) is 54.2 Å². The van der Waals surface area contributed by atoms with Crippen molar-refractivity contribution in [1.29, 1.82) is 0 Å². The molecule has 1 aromatic heterocycles. The zero-order chi connectivity index (χ0) is 22.2. The first-order valence-corrected chi connectivity index (χ1v) is 11.6. The number of hydrogen-bond donors (Lipinski definition) is 0. The van der Waals surface area contributed by atoms with E-state index in [0.29, 0.717) is 0 Å². The van der Waals surface area contributed by atoms with Crippen molar-refractivity contribution in [3.8, 4) is 11.3 Å². The van der Waals surface area contributed by atoms with Gasteiger partial charge in [-0.3, -0.25) is 0 Å². The van der Waals surface area contributed by atoms with Crippen LogP contribution in [0.5, 0.6) is 0 Å². The average Bonchev–Trinajstić information content (AvgIpc) is 3.23. The number of pyridine rings is 1. The monoisotopic (exact) mass is 635 g/mol. The topological polar surface area (TPSA) is 19.4 Å². The Morgan fingerprint density at radius 1 is 0.882 bits per heavy atom. The minimum Gasteiger partial charge on any atom is -0.504 e. The Bertz CT molecular complexity index is 1400. The standard InChI is InChI=1S/C18H12N2S.C11H8N.Ir/c1-19-11-20-15-10-9-12-5-2-3-6-13(12)18(15)21-16-8-4-7-14(19)17(16)20;1-2-6-10(7-3-1)11-8-4-5-9-12-11;/h2-9,11H,1H3;1-6,8-9H;/q-2;-1;+3. The second-order valence-corrected chi connectivity index (χ2v) is 8.92. The Kier molecular flexibility index (Phi) is 6.42. The minimum absolute atomic E-state index is 0. The van der Waals surface area contributed by atoms with Gasteiger partial charge in [0.25, 0.3) is 0 Å². The van der Waals surface area contributed by atoms with Gasteiger partial charge in [0.1, 0.15) is 0 Å². The molecule has 3 heterocycles. The second kappa shape index (κ2) is 9.63. The number of para-hydroxylation sites is 1. The van der Waals surface area contributed by atoms with Crippen molar-refractivity contribution in [2.45, 2.75) is 9.79 Å². The van der Waals surface area contributed by atoms with Crippen molar-refractivity contribution in [3.05, 3.63) is 116 Å². The summed E-state index contributed by atoms with van der Waals surface area (Å²) < 4.78 is 0. The van der Waals surface area contributed by atoms with E-state index < -0.39 is 0 Å². The summed E-state index contributed by atoms with van der Waals surface area (Å²) in [5.41, 5.74) is 5.70. The van der Waals surface area contributed by atoms with Crippen LogP contribution in [0, 0.1) is 18.8 Å². The summed E-state index contributed by atoms with van der Waals surface area (Å²) in [4.78, 5) is 11.3. The number of benzene rings is 4. The maximum Gasteiger partial charge on any atom is 3.00 e. The summed E-state index contributed by atoms with van der Waals surface area (Å²) in [5.74, 6) is 0. The SMILES string of the molecule is CN1[CH-]N2c3[c-]cc4ccccc4c3Sc3cccc1c32.[Ir+3].[c-]1ccccc1-c1ccccn1. The molecular formula is C29H20IrN3S. The van der Waals surface area contributed by atoms with Gasteiger partial charge in [0.05, 0.1) is 0 Å². The Balaban J connectivity index is 0.000000159. The fourth-order valence-electron chi connectivity index (χ4n) is 4.22. The predicted molar refractivity (Wildman–Crippen MR) is 137 cm³/mol. The van der Waals surface area contributed by atoms with E-state index in [1.54, 1.807) is 6.20 Å². The van der Waals surface area contributed by atoms with Gasteiger partial charge in [-0.15, -0.1) is 52.7 Å². The molecule has 3 nitrogen and oxygen atoms in total. The predicted octanol–water partition coefficient (Wildman–Crippen LogP) is 7.36. The normalized spacial score (nSPS) is 12.9. The molecule has 2 aliphatic heterocycles. The maximum absolute atomic E-state index is 4.22. The molecule has 7 rings (SSSR count). The largest absolute Gasteiger partial charge is 3.00 e. The molecule has 2 aliphatic rings. The first-order valence-electron chi connectivity index (χ1n) is 10.8. The molecule has 4 aromatic carbocycles. The van der Waals surface area contributed by atoms with Crippen molar-refractivity contribution < 1.29 is 20.1 Å². The zero-order valence-electron chi connectivity index (χ0n) is 18.4. The van der Waals surface area contributed by atoms with Crippen LogP contribution in [0.15, 0.2) is 107 Å². The van der Waals surface area contributed by atoms with Crippen LogP contribution in [-0.4, -0.2) is 12.0 Å². The molecule has 0 aliphatic carbocycles. The number of rotatable bonds is 1. The van der Waals surface area contributed by atoms with Crippen LogP contribution in [0.3, 0.4) is 0 Å². The molecule has 0 spiro atoms. The molecule has 0 unspecified atom stereocenters. The summed E-state index contributed by atoms with van der Waals surface area (Å²) >= 11 is 1.85. The maximum atomic E-state index is 4.22. The number of anilines is 3. The van der Waals surface area contributed by atoms with Crippen LogP contribution in [0.25, 0.3) is 22.0 Å². The zero-order valence-corrected chi connectivity index (χ0v) is 21.6. The van der Waals surface area contributed by atoms with Gasteiger partial charge in [0.2, 0.25) is 0 Å². The van der Waals surface area contributed by atoms with E-state index in [9.17, 15) is 0 Å². The molecule has 5 aromatic rings. The third-order valence-electron chi connectivity index (χ3n) is 5.77. The van der Waals surface area contributed by atoms with Crippen LogP contribution in [0.4, 0.5) is 17.1 Å². The van der Waals surface area contributed by atoms with Gasteiger partial charge in [0, 0.05) is 22.5 Å². The Morgan fingerprint density at radius 3 is 2.56 bits per heavy atom. The van der Waals surface area contributed by atoms with Gasteiger partial charge in [-0.05, 0) is 30.9 Å². The molecule has 0 N–H and O–H groups in total. The summed E-state index contributed by atoms with van der Waals surface area (Å²) in [5, 5.41) is 2.55. The van der Waals surface area contributed by atoms with Gasteiger partial charge < -0.3 is 14.8 Å². The van der Waals surface area contributed by atoms with Crippen molar-refractivity contribution >= 4 is 39.6 Å². The molecule has 0 fully saturated rings. The van der Waals surface area contributed by atoms with E-state index in [1.165, 1.54) is 31.9 Å². The quantitative estimate of drug-likeness (QED) is 0.180. The third-order valence-corrected chi connectivity index (χ3v) is 6.94.